The van der Waals surface area contributed by atoms with E-state index >= 15 is 0 Å². The van der Waals surface area contributed by atoms with E-state index in [1.165, 1.54) is 35.5 Å². The van der Waals surface area contributed by atoms with Gasteiger partial charge >= 0.3 is 0 Å². The summed E-state index contributed by atoms with van der Waals surface area (Å²) >= 11 is 1.42. The zero-order valence-corrected chi connectivity index (χ0v) is 18.8. The SMILES string of the molecule is CCN(CC)CCCN1C(=O)C(=O)C(=C(O)c2ccc(OC)cc2O)[C@@H]1c1cccs1. The molecule has 7 nitrogen and oxygen atoms in total. The molecule has 3 rings (SSSR count). The number of phenolic OH excluding ortho intramolecular Hbond substituents is 1. The summed E-state index contributed by atoms with van der Waals surface area (Å²) in [5, 5.41) is 23.2. The Bertz CT molecular complexity index is 966. The van der Waals surface area contributed by atoms with Crippen molar-refractivity contribution < 1.29 is 24.5 Å². The number of phenols is 1. The molecule has 0 unspecified atom stereocenters. The number of hydrogen-bond donors (Lipinski definition) is 2. The molecule has 31 heavy (non-hydrogen) atoms. The maximum Gasteiger partial charge on any atom is 0.295 e. The molecule has 1 aromatic heterocycles. The van der Waals surface area contributed by atoms with Gasteiger partial charge in [0.15, 0.2) is 0 Å². The monoisotopic (exact) mass is 444 g/mol. The number of methoxy groups -OCH3 is 1. The lowest BCUT2D eigenvalue weighted by molar-refractivity contribution is -0.139. The largest absolute Gasteiger partial charge is 0.507 e. The van der Waals surface area contributed by atoms with E-state index in [1.807, 2.05) is 17.5 Å². The Morgan fingerprint density at radius 1 is 1.23 bits per heavy atom. The molecule has 166 valence electrons. The molecule has 1 amide bonds. The van der Waals surface area contributed by atoms with Crippen LogP contribution in [0.3, 0.4) is 0 Å². The third-order valence-corrected chi connectivity index (χ3v) is 6.51. The van der Waals surface area contributed by atoms with Crippen molar-refractivity contribution in [1.82, 2.24) is 9.80 Å². The summed E-state index contributed by atoms with van der Waals surface area (Å²) in [6.45, 7) is 7.22. The molecule has 1 saturated heterocycles. The number of aromatic hydroxyl groups is 1. The second kappa shape index (κ2) is 9.98. The summed E-state index contributed by atoms with van der Waals surface area (Å²) in [5.74, 6) is -1.57. The maximum atomic E-state index is 13.0. The van der Waals surface area contributed by atoms with Crippen molar-refractivity contribution in [3.05, 3.63) is 51.7 Å². The van der Waals surface area contributed by atoms with Crippen molar-refractivity contribution in [1.29, 1.82) is 0 Å². The molecule has 2 heterocycles. The highest BCUT2D eigenvalue weighted by atomic mass is 32.1. The van der Waals surface area contributed by atoms with Gasteiger partial charge in [0.1, 0.15) is 17.3 Å². The first kappa shape index (κ1) is 22.8. The van der Waals surface area contributed by atoms with Gasteiger partial charge in [-0.05, 0) is 49.6 Å². The summed E-state index contributed by atoms with van der Waals surface area (Å²) in [6, 6.07) is 7.42. The third kappa shape index (κ3) is 4.60. The molecule has 0 saturated carbocycles. The molecule has 8 heteroatoms. The second-order valence-corrected chi connectivity index (χ2v) is 8.25. The molecule has 2 N–H and O–H groups in total. The van der Waals surface area contributed by atoms with Crippen LogP contribution >= 0.6 is 11.3 Å². The number of thiophene rings is 1. The molecule has 0 spiro atoms. The number of ether oxygens (including phenoxy) is 1. The first-order chi connectivity index (χ1) is 14.9. The van der Waals surface area contributed by atoms with E-state index in [0.717, 1.165) is 24.5 Å². The Balaban J connectivity index is 2.00. The third-order valence-electron chi connectivity index (χ3n) is 5.58. The van der Waals surface area contributed by atoms with Gasteiger partial charge in [0.2, 0.25) is 0 Å². The van der Waals surface area contributed by atoms with Crippen molar-refractivity contribution in [3.8, 4) is 11.5 Å². The zero-order chi connectivity index (χ0) is 22.5. The highest BCUT2D eigenvalue weighted by Crippen LogP contribution is 2.42. The van der Waals surface area contributed by atoms with Crippen molar-refractivity contribution in [2.24, 2.45) is 0 Å². The fourth-order valence-electron chi connectivity index (χ4n) is 3.84. The molecular weight excluding hydrogens is 416 g/mol. The number of carbonyl (C=O) groups is 2. The molecule has 1 fully saturated rings. The summed E-state index contributed by atoms with van der Waals surface area (Å²) in [6.07, 6.45) is 0.713. The molecule has 1 atom stereocenters. The van der Waals surface area contributed by atoms with E-state index in [0.29, 0.717) is 18.7 Å². The van der Waals surface area contributed by atoms with E-state index in [9.17, 15) is 19.8 Å². The van der Waals surface area contributed by atoms with E-state index in [2.05, 4.69) is 18.7 Å². The van der Waals surface area contributed by atoms with E-state index in [4.69, 9.17) is 4.74 Å². The highest BCUT2D eigenvalue weighted by Gasteiger charge is 2.46. The topological polar surface area (TPSA) is 90.3 Å². The van der Waals surface area contributed by atoms with E-state index in [-0.39, 0.29) is 22.6 Å². The lowest BCUT2D eigenvalue weighted by Crippen LogP contribution is -2.33. The smallest absolute Gasteiger partial charge is 0.295 e. The van der Waals surface area contributed by atoms with Gasteiger partial charge in [-0.3, -0.25) is 9.59 Å². The van der Waals surface area contributed by atoms with Gasteiger partial charge in [0, 0.05) is 17.5 Å². The summed E-state index contributed by atoms with van der Waals surface area (Å²) < 4.78 is 5.08. The highest BCUT2D eigenvalue weighted by molar-refractivity contribution is 7.10. The maximum absolute atomic E-state index is 13.0. The second-order valence-electron chi connectivity index (χ2n) is 7.27. The minimum absolute atomic E-state index is 0.00393. The summed E-state index contributed by atoms with van der Waals surface area (Å²) in [7, 11) is 1.47. The van der Waals surface area contributed by atoms with Crippen LogP contribution < -0.4 is 4.74 Å². The van der Waals surface area contributed by atoms with Crippen LogP contribution in [-0.2, 0) is 9.59 Å². The van der Waals surface area contributed by atoms with Crippen LogP contribution in [0.4, 0.5) is 0 Å². The number of benzene rings is 1. The minimum atomic E-state index is -0.742. The van der Waals surface area contributed by atoms with Gasteiger partial charge in [-0.1, -0.05) is 19.9 Å². The number of carbonyl (C=O) groups excluding carboxylic acids is 2. The van der Waals surface area contributed by atoms with Gasteiger partial charge in [-0.15, -0.1) is 11.3 Å². The lowest BCUT2D eigenvalue weighted by atomic mass is 9.99. The van der Waals surface area contributed by atoms with Gasteiger partial charge < -0.3 is 24.7 Å². The Kier molecular flexibility index (Phi) is 7.35. The molecule has 0 radical (unpaired) electrons. The van der Waals surface area contributed by atoms with Crippen molar-refractivity contribution in [2.75, 3.05) is 33.3 Å². The van der Waals surface area contributed by atoms with Gasteiger partial charge in [-0.25, -0.2) is 0 Å². The predicted molar refractivity (Wildman–Crippen MR) is 120 cm³/mol. The number of Topliss-reactive ketones (excluding diaryl/α,β-unsaturated/α-hetero) is 1. The average molecular weight is 445 g/mol. The van der Waals surface area contributed by atoms with Gasteiger partial charge in [0.05, 0.1) is 24.3 Å². The van der Waals surface area contributed by atoms with E-state index in [1.54, 1.807) is 6.07 Å². The van der Waals surface area contributed by atoms with Crippen LogP contribution in [0.2, 0.25) is 0 Å². The molecule has 2 aromatic rings. The Morgan fingerprint density at radius 3 is 2.55 bits per heavy atom. The minimum Gasteiger partial charge on any atom is -0.507 e. The first-order valence-electron chi connectivity index (χ1n) is 10.3. The van der Waals surface area contributed by atoms with Crippen LogP contribution in [-0.4, -0.2) is 65.0 Å². The Morgan fingerprint density at radius 2 is 1.97 bits per heavy atom. The predicted octanol–water partition coefficient (Wildman–Crippen LogP) is 3.62. The number of nitrogens with zero attached hydrogens (tertiary/aromatic N) is 2. The molecule has 0 aliphatic carbocycles. The number of rotatable bonds is 9. The number of ketones is 1. The van der Waals surface area contributed by atoms with Crippen molar-refractivity contribution >= 4 is 28.8 Å². The van der Waals surface area contributed by atoms with Crippen LogP contribution in [0, 0.1) is 0 Å². The molecule has 1 aliphatic rings. The van der Waals surface area contributed by atoms with Crippen LogP contribution in [0.5, 0.6) is 11.5 Å². The number of aliphatic hydroxyl groups excluding tert-OH is 1. The normalized spacial score (nSPS) is 18.2. The van der Waals surface area contributed by atoms with Crippen molar-refractivity contribution in [2.45, 2.75) is 26.3 Å². The van der Waals surface area contributed by atoms with Gasteiger partial charge in [-0.2, -0.15) is 0 Å². The molecule has 1 aliphatic heterocycles. The van der Waals surface area contributed by atoms with Crippen LogP contribution in [0.1, 0.15) is 36.8 Å². The zero-order valence-electron chi connectivity index (χ0n) is 18.0. The average Bonchev–Trinajstić information content (AvgIpc) is 3.38. The summed E-state index contributed by atoms with van der Waals surface area (Å²) in [5.41, 5.74) is 0.0826. The number of amides is 1. The Labute approximate surface area is 186 Å². The van der Waals surface area contributed by atoms with Crippen molar-refractivity contribution in [3.63, 3.8) is 0 Å². The summed E-state index contributed by atoms with van der Waals surface area (Å²) in [4.78, 5) is 30.4. The lowest BCUT2D eigenvalue weighted by Gasteiger charge is -2.25. The standard InChI is InChI=1S/C23H28N2O5S/c1-4-24(5-2)11-7-12-25-20(18-8-6-13-31-18)19(22(28)23(25)29)21(27)16-10-9-15(30-3)14-17(16)26/h6,8-10,13-14,20,26-27H,4-5,7,11-12H2,1-3H3/t20-/m0/s1. The molecule has 0 bridgehead atoms. The number of aliphatic hydroxyl groups is 1. The molecular formula is C23H28N2O5S. The number of likely N-dealkylation sites (tertiary alicyclic amines) is 1. The number of hydrogen-bond acceptors (Lipinski definition) is 7. The van der Waals surface area contributed by atoms with Crippen LogP contribution in [0.15, 0.2) is 41.3 Å². The van der Waals surface area contributed by atoms with Gasteiger partial charge in [0.25, 0.3) is 11.7 Å². The first-order valence-corrected chi connectivity index (χ1v) is 11.2. The quantitative estimate of drug-likeness (QED) is 0.349. The fraction of sp³-hybridized carbons (Fsp3) is 0.391. The van der Waals surface area contributed by atoms with Crippen LogP contribution in [0.25, 0.3) is 5.76 Å². The van der Waals surface area contributed by atoms with E-state index < -0.39 is 17.7 Å². The molecule has 1 aromatic carbocycles. The Hall–Kier alpha value is -2.84. The fourth-order valence-corrected chi connectivity index (χ4v) is 4.69.